The smallest absolute Gasteiger partial charge is 0.0759 e. The fraction of sp³-hybridized carbons (Fsp3) is 0.400. The van der Waals surface area contributed by atoms with Crippen LogP contribution in [0.25, 0.3) is 10.4 Å². The first-order chi connectivity index (χ1) is 7.20. The van der Waals surface area contributed by atoms with Crippen LogP contribution in [0.15, 0.2) is 35.4 Å². The summed E-state index contributed by atoms with van der Waals surface area (Å²) in [4.78, 5) is 2.36. The molecule has 0 radical (unpaired) electrons. The molecule has 0 fully saturated rings. The van der Waals surface area contributed by atoms with Gasteiger partial charge in [0.2, 0.25) is 0 Å². The molecule has 0 spiro atoms. The first kappa shape index (κ1) is 13.9. The van der Waals surface area contributed by atoms with E-state index in [1.807, 2.05) is 18.2 Å². The number of benzene rings is 1. The fourth-order valence-electron chi connectivity index (χ4n) is 0.778. The van der Waals surface area contributed by atoms with E-state index in [-0.39, 0.29) is 8.15 Å². The molecule has 0 saturated carbocycles. The molecule has 5 heteroatoms. The summed E-state index contributed by atoms with van der Waals surface area (Å²) in [5.74, 6) is 0. The third kappa shape index (κ3) is 9.23. The first-order valence-corrected chi connectivity index (χ1v) is 6.63. The minimum atomic E-state index is -0.224. The SMILES string of the molecule is CN=[N+]=[N-].CP(C)OCc1ccccc1. The minimum Gasteiger partial charge on any atom is -0.355 e. The van der Waals surface area contributed by atoms with Crippen LogP contribution in [0.2, 0.25) is 0 Å². The zero-order valence-electron chi connectivity index (χ0n) is 9.29. The molecule has 15 heavy (non-hydrogen) atoms. The van der Waals surface area contributed by atoms with E-state index in [0.29, 0.717) is 0 Å². The van der Waals surface area contributed by atoms with E-state index in [2.05, 4.69) is 35.5 Å². The summed E-state index contributed by atoms with van der Waals surface area (Å²) in [5, 5.41) is 2.92. The molecule has 82 valence electrons. The van der Waals surface area contributed by atoms with Crippen LogP contribution >= 0.6 is 8.15 Å². The Hall–Kier alpha value is -1.08. The minimum absolute atomic E-state index is 0.224. The molecular formula is C10H16N3OP. The van der Waals surface area contributed by atoms with E-state index >= 15 is 0 Å². The summed E-state index contributed by atoms with van der Waals surface area (Å²) >= 11 is 0. The topological polar surface area (TPSA) is 58.0 Å². The van der Waals surface area contributed by atoms with Gasteiger partial charge in [0.1, 0.15) is 0 Å². The molecule has 1 aromatic rings. The Labute approximate surface area is 91.7 Å². The van der Waals surface area contributed by atoms with Crippen molar-refractivity contribution in [2.75, 3.05) is 20.4 Å². The summed E-state index contributed by atoms with van der Waals surface area (Å²) in [6.45, 7) is 4.97. The summed E-state index contributed by atoms with van der Waals surface area (Å²) < 4.78 is 5.49. The van der Waals surface area contributed by atoms with E-state index in [1.165, 1.54) is 12.6 Å². The monoisotopic (exact) mass is 225 g/mol. The highest BCUT2D eigenvalue weighted by Crippen LogP contribution is 2.27. The van der Waals surface area contributed by atoms with Crippen LogP contribution in [-0.4, -0.2) is 20.4 Å². The van der Waals surface area contributed by atoms with Crippen molar-refractivity contribution in [1.29, 1.82) is 0 Å². The third-order valence-electron chi connectivity index (χ3n) is 1.42. The van der Waals surface area contributed by atoms with E-state index in [0.717, 1.165) is 6.61 Å². The molecule has 1 aromatic carbocycles. The lowest BCUT2D eigenvalue weighted by Crippen LogP contribution is -1.85. The Bertz CT molecular complexity index is 297. The van der Waals surface area contributed by atoms with Gasteiger partial charge in [0, 0.05) is 20.1 Å². The van der Waals surface area contributed by atoms with E-state index in [1.54, 1.807) is 0 Å². The predicted octanol–water partition coefficient (Wildman–Crippen LogP) is 3.79. The maximum Gasteiger partial charge on any atom is 0.0759 e. The maximum atomic E-state index is 7.33. The van der Waals surface area contributed by atoms with Gasteiger partial charge in [0.05, 0.1) is 6.61 Å². The Kier molecular flexibility index (Phi) is 8.79. The van der Waals surface area contributed by atoms with Crippen molar-refractivity contribution in [3.63, 3.8) is 0 Å². The van der Waals surface area contributed by atoms with Gasteiger partial charge in [-0.25, -0.2) is 0 Å². The second-order valence-electron chi connectivity index (χ2n) is 2.86. The van der Waals surface area contributed by atoms with Crippen molar-refractivity contribution in [3.8, 4) is 0 Å². The number of nitrogens with zero attached hydrogens (tertiary/aromatic N) is 3. The first-order valence-electron chi connectivity index (χ1n) is 4.48. The second-order valence-corrected chi connectivity index (χ2v) is 4.74. The van der Waals surface area contributed by atoms with Crippen molar-refractivity contribution in [1.82, 2.24) is 0 Å². The second kappa shape index (κ2) is 9.47. The van der Waals surface area contributed by atoms with E-state index in [9.17, 15) is 0 Å². The van der Waals surface area contributed by atoms with Crippen LogP contribution in [0.4, 0.5) is 0 Å². The van der Waals surface area contributed by atoms with Crippen molar-refractivity contribution in [3.05, 3.63) is 46.3 Å². The number of azide groups is 1. The van der Waals surface area contributed by atoms with Gasteiger partial charge in [-0.15, -0.1) is 0 Å². The van der Waals surface area contributed by atoms with Crippen molar-refractivity contribution in [2.45, 2.75) is 6.61 Å². The maximum absolute atomic E-state index is 7.33. The van der Waals surface area contributed by atoms with Gasteiger partial charge in [0.15, 0.2) is 0 Å². The lowest BCUT2D eigenvalue weighted by atomic mass is 10.2. The standard InChI is InChI=1S/C9H13OP.CH3N3/c1-11(2)10-8-9-6-4-3-5-7-9;1-3-4-2/h3-7H,8H2,1-2H3;1H3. The zero-order chi connectivity index (χ0) is 11.5. The fourth-order valence-corrected chi connectivity index (χ4v) is 1.19. The average Bonchev–Trinajstić information content (AvgIpc) is 2.28. The largest absolute Gasteiger partial charge is 0.355 e. The highest BCUT2D eigenvalue weighted by molar-refractivity contribution is 7.50. The van der Waals surface area contributed by atoms with Gasteiger partial charge in [-0.3, -0.25) is 0 Å². The highest BCUT2D eigenvalue weighted by Gasteiger charge is 1.93. The van der Waals surface area contributed by atoms with E-state index in [4.69, 9.17) is 10.1 Å². The predicted molar refractivity (Wildman–Crippen MR) is 65.1 cm³/mol. The molecule has 0 N–H and O–H groups in total. The third-order valence-corrected chi connectivity index (χ3v) is 2.07. The summed E-state index contributed by atoms with van der Waals surface area (Å²) in [7, 11) is 1.16. The van der Waals surface area contributed by atoms with Crippen LogP contribution in [0.1, 0.15) is 5.56 Å². The van der Waals surface area contributed by atoms with Crippen LogP contribution in [0.3, 0.4) is 0 Å². The van der Waals surface area contributed by atoms with Gasteiger partial charge in [0.25, 0.3) is 0 Å². The van der Waals surface area contributed by atoms with Gasteiger partial charge >= 0.3 is 0 Å². The Morgan fingerprint density at radius 1 is 1.33 bits per heavy atom. The molecular weight excluding hydrogens is 209 g/mol. The molecule has 0 aromatic heterocycles. The molecule has 0 unspecified atom stereocenters. The van der Waals surface area contributed by atoms with Crippen LogP contribution < -0.4 is 0 Å². The highest BCUT2D eigenvalue weighted by atomic mass is 31.1. The zero-order valence-corrected chi connectivity index (χ0v) is 10.2. The molecule has 0 bridgehead atoms. The van der Waals surface area contributed by atoms with Gasteiger partial charge in [-0.2, -0.15) is 0 Å². The Balaban J connectivity index is 0.000000423. The lowest BCUT2D eigenvalue weighted by molar-refractivity contribution is 0.346. The molecule has 0 atom stereocenters. The average molecular weight is 225 g/mol. The molecule has 0 heterocycles. The van der Waals surface area contributed by atoms with Crippen LogP contribution in [0.5, 0.6) is 0 Å². The van der Waals surface area contributed by atoms with Gasteiger partial charge < -0.3 is 4.52 Å². The Morgan fingerprint density at radius 3 is 2.27 bits per heavy atom. The molecule has 0 amide bonds. The van der Waals surface area contributed by atoms with Crippen LogP contribution in [-0.2, 0) is 11.1 Å². The molecule has 0 saturated heterocycles. The molecule has 4 nitrogen and oxygen atoms in total. The number of hydrogen-bond acceptors (Lipinski definition) is 2. The van der Waals surface area contributed by atoms with E-state index < -0.39 is 0 Å². The van der Waals surface area contributed by atoms with Gasteiger partial charge in [-0.1, -0.05) is 35.4 Å². The Morgan fingerprint density at radius 2 is 1.87 bits per heavy atom. The van der Waals surface area contributed by atoms with Crippen molar-refractivity contribution >= 4 is 8.15 Å². The molecule has 1 rings (SSSR count). The summed E-state index contributed by atoms with van der Waals surface area (Å²) in [6, 6.07) is 10.3. The van der Waals surface area contributed by atoms with Crippen molar-refractivity contribution in [2.24, 2.45) is 5.11 Å². The van der Waals surface area contributed by atoms with Crippen LogP contribution in [0, 0.1) is 0 Å². The normalized spacial score (nSPS) is 8.80. The quantitative estimate of drug-likeness (QED) is 0.334. The number of rotatable bonds is 3. The van der Waals surface area contributed by atoms with Gasteiger partial charge in [-0.05, 0) is 24.4 Å². The summed E-state index contributed by atoms with van der Waals surface area (Å²) in [5.41, 5.74) is 8.59. The molecule has 0 aliphatic heterocycles. The number of hydrogen-bond donors (Lipinski definition) is 0. The summed E-state index contributed by atoms with van der Waals surface area (Å²) in [6.07, 6.45) is 0. The molecule has 0 aliphatic rings. The lowest BCUT2D eigenvalue weighted by Gasteiger charge is -2.06. The van der Waals surface area contributed by atoms with Crippen molar-refractivity contribution < 1.29 is 4.52 Å². The molecule has 0 aliphatic carbocycles.